The van der Waals surface area contributed by atoms with Crippen molar-refractivity contribution in [2.45, 2.75) is 32.9 Å². The molecule has 0 atom stereocenters. The van der Waals surface area contributed by atoms with Crippen molar-refractivity contribution in [3.05, 3.63) is 33.7 Å². The third-order valence-electron chi connectivity index (χ3n) is 4.94. The molecule has 0 bridgehead atoms. The molecular formula is C21H27N3O5S. The number of ether oxygens (including phenoxy) is 3. The fourth-order valence-corrected chi connectivity index (χ4v) is 4.67. The molecule has 0 aliphatic carbocycles. The summed E-state index contributed by atoms with van der Waals surface area (Å²) >= 11 is 1.36. The highest BCUT2D eigenvalue weighted by Gasteiger charge is 2.30. The van der Waals surface area contributed by atoms with Crippen molar-refractivity contribution in [2.24, 2.45) is 0 Å². The molecule has 30 heavy (non-hydrogen) atoms. The molecule has 0 radical (unpaired) electrons. The normalized spacial score (nSPS) is 13.1. The molecule has 162 valence electrons. The Bertz CT molecular complexity index is 945. The number of nitrogens with zero attached hydrogens (tertiary/aromatic N) is 1. The monoisotopic (exact) mass is 433 g/mol. The summed E-state index contributed by atoms with van der Waals surface area (Å²) in [4.78, 5) is 28.4. The van der Waals surface area contributed by atoms with Gasteiger partial charge in [-0.25, -0.2) is 4.79 Å². The average Bonchev–Trinajstić information content (AvgIpc) is 3.06. The lowest BCUT2D eigenvalue weighted by molar-refractivity contribution is 0.103. The lowest BCUT2D eigenvalue weighted by Crippen LogP contribution is -2.44. The van der Waals surface area contributed by atoms with Crippen LogP contribution in [0.25, 0.3) is 0 Å². The summed E-state index contributed by atoms with van der Waals surface area (Å²) in [7, 11) is 4.52. The van der Waals surface area contributed by atoms with E-state index in [1.165, 1.54) is 32.7 Å². The first-order valence-electron chi connectivity index (χ1n) is 9.60. The molecule has 8 nitrogen and oxygen atoms in total. The van der Waals surface area contributed by atoms with E-state index in [9.17, 15) is 9.59 Å². The summed E-state index contributed by atoms with van der Waals surface area (Å²) in [6.07, 6.45) is 0.569. The topological polar surface area (TPSA) is 103 Å². The highest BCUT2D eigenvalue weighted by Crippen LogP contribution is 2.41. The van der Waals surface area contributed by atoms with Crippen LogP contribution in [0.5, 0.6) is 17.2 Å². The van der Waals surface area contributed by atoms with E-state index < -0.39 is 0 Å². The minimum atomic E-state index is -0.204. The number of amides is 2. The van der Waals surface area contributed by atoms with E-state index in [0.717, 1.165) is 10.4 Å². The van der Waals surface area contributed by atoms with Crippen LogP contribution < -0.4 is 25.3 Å². The summed E-state index contributed by atoms with van der Waals surface area (Å²) in [6, 6.07) is 3.20. The van der Waals surface area contributed by atoms with Crippen LogP contribution in [-0.4, -0.2) is 50.6 Å². The van der Waals surface area contributed by atoms with Gasteiger partial charge in [0.15, 0.2) is 17.3 Å². The van der Waals surface area contributed by atoms with Gasteiger partial charge in [0.1, 0.15) is 0 Å². The first-order chi connectivity index (χ1) is 14.3. The number of urea groups is 1. The summed E-state index contributed by atoms with van der Waals surface area (Å²) < 4.78 is 16.1. The van der Waals surface area contributed by atoms with Crippen molar-refractivity contribution >= 4 is 28.2 Å². The van der Waals surface area contributed by atoms with Crippen molar-refractivity contribution in [1.82, 2.24) is 10.2 Å². The molecule has 0 fully saturated rings. The molecule has 1 aromatic heterocycles. The molecule has 0 spiro atoms. The van der Waals surface area contributed by atoms with Crippen LogP contribution in [0, 0.1) is 0 Å². The third kappa shape index (κ3) is 4.02. The van der Waals surface area contributed by atoms with E-state index >= 15 is 0 Å². The number of methoxy groups -OCH3 is 3. The van der Waals surface area contributed by atoms with Crippen LogP contribution in [0.3, 0.4) is 0 Å². The zero-order valence-corrected chi connectivity index (χ0v) is 18.6. The summed E-state index contributed by atoms with van der Waals surface area (Å²) in [5.74, 6) is 1.02. The van der Waals surface area contributed by atoms with Gasteiger partial charge in [0.25, 0.3) is 0 Å². The summed E-state index contributed by atoms with van der Waals surface area (Å²) in [5, 5.41) is 3.35. The third-order valence-corrected chi connectivity index (χ3v) is 5.98. The van der Waals surface area contributed by atoms with Crippen LogP contribution in [0.15, 0.2) is 12.1 Å². The molecule has 3 rings (SSSR count). The van der Waals surface area contributed by atoms with E-state index in [-0.39, 0.29) is 17.9 Å². The minimum absolute atomic E-state index is 0.0597. The maximum Gasteiger partial charge on any atom is 0.317 e. The van der Waals surface area contributed by atoms with Crippen LogP contribution in [0.1, 0.15) is 40.2 Å². The number of nitrogen functional groups attached to an aromatic ring is 1. The number of carbonyl (C=O) groups is 2. The Morgan fingerprint density at radius 3 is 2.30 bits per heavy atom. The Hall–Kier alpha value is -2.94. The van der Waals surface area contributed by atoms with Gasteiger partial charge in [0.2, 0.25) is 5.75 Å². The Morgan fingerprint density at radius 1 is 1.13 bits per heavy atom. The summed E-state index contributed by atoms with van der Waals surface area (Å²) in [5.41, 5.74) is 8.05. The van der Waals surface area contributed by atoms with Gasteiger partial charge < -0.3 is 30.2 Å². The SMILES string of the molecule is COc1cc(C(=O)c2c(N)sc3c2CCN(C(=O)NC(C)C)C3)cc(OC)c1OC. The Morgan fingerprint density at radius 2 is 1.77 bits per heavy atom. The zero-order valence-electron chi connectivity index (χ0n) is 17.8. The molecule has 0 unspecified atom stereocenters. The highest BCUT2D eigenvalue weighted by molar-refractivity contribution is 7.16. The van der Waals surface area contributed by atoms with E-state index in [0.29, 0.717) is 52.9 Å². The molecule has 2 amide bonds. The quantitative estimate of drug-likeness (QED) is 0.679. The Balaban J connectivity index is 1.95. The Kier molecular flexibility index (Phi) is 6.40. The summed E-state index contributed by atoms with van der Waals surface area (Å²) in [6.45, 7) is 4.80. The smallest absolute Gasteiger partial charge is 0.317 e. The number of nitrogens with one attached hydrogen (secondary N) is 1. The predicted octanol–water partition coefficient (Wildman–Crippen LogP) is 3.06. The number of thiophene rings is 1. The largest absolute Gasteiger partial charge is 0.493 e. The standard InChI is InChI=1S/C21H27N3O5S/c1-11(2)23-21(26)24-7-6-13-16(10-24)30-20(22)17(13)18(25)12-8-14(27-3)19(29-5)15(9-12)28-4/h8-9,11H,6-7,10,22H2,1-5H3,(H,23,26). The second kappa shape index (κ2) is 8.83. The number of hydrogen-bond donors (Lipinski definition) is 2. The predicted molar refractivity (Wildman–Crippen MR) is 116 cm³/mol. The van der Waals surface area contributed by atoms with E-state index in [4.69, 9.17) is 19.9 Å². The molecule has 1 aromatic carbocycles. The number of rotatable bonds is 6. The zero-order chi connectivity index (χ0) is 22.0. The molecule has 2 heterocycles. The molecular weight excluding hydrogens is 406 g/mol. The van der Waals surface area contributed by atoms with E-state index in [1.54, 1.807) is 17.0 Å². The van der Waals surface area contributed by atoms with Crippen molar-refractivity contribution in [3.8, 4) is 17.2 Å². The second-order valence-corrected chi connectivity index (χ2v) is 8.40. The van der Waals surface area contributed by atoms with E-state index in [2.05, 4.69) is 5.32 Å². The number of hydrogen-bond acceptors (Lipinski definition) is 7. The lowest BCUT2D eigenvalue weighted by atomic mass is 9.96. The highest BCUT2D eigenvalue weighted by atomic mass is 32.1. The molecule has 1 aliphatic rings. The maximum absolute atomic E-state index is 13.4. The second-order valence-electron chi connectivity index (χ2n) is 7.26. The maximum atomic E-state index is 13.4. The fraction of sp³-hybridized carbons (Fsp3) is 0.429. The minimum Gasteiger partial charge on any atom is -0.493 e. The van der Waals surface area contributed by atoms with Gasteiger partial charge in [-0.3, -0.25) is 4.79 Å². The van der Waals surface area contributed by atoms with Crippen LogP contribution in [0.2, 0.25) is 0 Å². The van der Waals surface area contributed by atoms with Crippen molar-refractivity contribution in [3.63, 3.8) is 0 Å². The average molecular weight is 434 g/mol. The van der Waals surface area contributed by atoms with Gasteiger partial charge in [-0.15, -0.1) is 11.3 Å². The molecule has 0 saturated heterocycles. The number of nitrogens with two attached hydrogens (primary N) is 1. The van der Waals surface area contributed by atoms with Crippen molar-refractivity contribution in [1.29, 1.82) is 0 Å². The van der Waals surface area contributed by atoms with Crippen LogP contribution >= 0.6 is 11.3 Å². The van der Waals surface area contributed by atoms with Gasteiger partial charge in [-0.05, 0) is 38.0 Å². The molecule has 0 saturated carbocycles. The van der Waals surface area contributed by atoms with Gasteiger partial charge in [-0.1, -0.05) is 0 Å². The molecule has 2 aromatic rings. The number of carbonyl (C=O) groups excluding carboxylic acids is 2. The lowest BCUT2D eigenvalue weighted by Gasteiger charge is -2.28. The van der Waals surface area contributed by atoms with Crippen LogP contribution in [0.4, 0.5) is 9.80 Å². The van der Waals surface area contributed by atoms with Crippen molar-refractivity contribution < 1.29 is 23.8 Å². The van der Waals surface area contributed by atoms with Gasteiger partial charge in [0.05, 0.1) is 38.4 Å². The van der Waals surface area contributed by atoms with Crippen LogP contribution in [-0.2, 0) is 13.0 Å². The number of benzene rings is 1. The molecule has 1 aliphatic heterocycles. The van der Waals surface area contributed by atoms with Gasteiger partial charge >= 0.3 is 6.03 Å². The Labute approximate surface area is 179 Å². The first kappa shape index (κ1) is 21.8. The van der Waals surface area contributed by atoms with Crippen molar-refractivity contribution in [2.75, 3.05) is 33.6 Å². The first-order valence-corrected chi connectivity index (χ1v) is 10.4. The van der Waals surface area contributed by atoms with Gasteiger partial charge in [0, 0.05) is 23.0 Å². The fourth-order valence-electron chi connectivity index (χ4n) is 3.54. The number of anilines is 1. The number of fused-ring (bicyclic) bond motifs is 1. The molecule has 9 heteroatoms. The molecule has 3 N–H and O–H groups in total. The number of ketones is 1. The van der Waals surface area contributed by atoms with E-state index in [1.807, 2.05) is 13.8 Å². The van der Waals surface area contributed by atoms with Gasteiger partial charge in [-0.2, -0.15) is 0 Å².